The van der Waals surface area contributed by atoms with Gasteiger partial charge in [-0.3, -0.25) is 4.90 Å². The smallest absolute Gasteiger partial charge is 0.0593 e. The number of rotatable bonds is 10. The van der Waals surface area contributed by atoms with Crippen molar-refractivity contribution in [3.8, 4) is 0 Å². The number of hydrogen-bond acceptors (Lipinski definition) is 3. The molecule has 0 aromatic rings. The van der Waals surface area contributed by atoms with Crippen LogP contribution in [-0.4, -0.2) is 44.3 Å². The first-order chi connectivity index (χ1) is 7.20. The van der Waals surface area contributed by atoms with Gasteiger partial charge in [-0.25, -0.2) is 0 Å². The minimum Gasteiger partial charge on any atom is -0.380 e. The van der Waals surface area contributed by atoms with E-state index in [2.05, 4.69) is 25.7 Å². The first kappa shape index (κ1) is 14.9. The van der Waals surface area contributed by atoms with Crippen LogP contribution in [0.4, 0.5) is 0 Å². The van der Waals surface area contributed by atoms with Gasteiger partial charge in [-0.05, 0) is 12.3 Å². The Hall–Kier alpha value is -0.120. The van der Waals surface area contributed by atoms with Gasteiger partial charge in [0.2, 0.25) is 0 Å². The Balaban J connectivity index is 3.47. The van der Waals surface area contributed by atoms with E-state index in [4.69, 9.17) is 10.5 Å². The molecular weight excluding hydrogens is 188 g/mol. The van der Waals surface area contributed by atoms with Crippen LogP contribution in [0, 0.1) is 5.92 Å². The van der Waals surface area contributed by atoms with Crippen LogP contribution >= 0.6 is 0 Å². The van der Waals surface area contributed by atoms with Crippen LogP contribution in [0.2, 0.25) is 0 Å². The number of nitrogens with two attached hydrogens (primary N) is 1. The Kier molecular flexibility index (Phi) is 10.3. The van der Waals surface area contributed by atoms with Crippen LogP contribution in [0.1, 0.15) is 33.6 Å². The molecule has 3 heteroatoms. The molecule has 2 N–H and O–H groups in total. The lowest BCUT2D eigenvalue weighted by molar-refractivity contribution is 0.0985. The third-order valence-corrected chi connectivity index (χ3v) is 2.26. The fourth-order valence-electron chi connectivity index (χ4n) is 1.54. The van der Waals surface area contributed by atoms with Crippen molar-refractivity contribution in [1.29, 1.82) is 0 Å². The number of ether oxygens (including phenoxy) is 1. The molecule has 0 aliphatic carbocycles. The second kappa shape index (κ2) is 10.4. The minimum absolute atomic E-state index is 0.701. The zero-order valence-corrected chi connectivity index (χ0v) is 10.7. The van der Waals surface area contributed by atoms with Gasteiger partial charge in [-0.1, -0.05) is 27.2 Å². The van der Waals surface area contributed by atoms with Gasteiger partial charge < -0.3 is 10.5 Å². The van der Waals surface area contributed by atoms with Gasteiger partial charge in [0, 0.05) is 32.8 Å². The van der Waals surface area contributed by atoms with Crippen molar-refractivity contribution in [2.45, 2.75) is 33.6 Å². The molecule has 0 amide bonds. The average Bonchev–Trinajstić information content (AvgIpc) is 2.17. The van der Waals surface area contributed by atoms with Gasteiger partial charge in [-0.15, -0.1) is 0 Å². The summed E-state index contributed by atoms with van der Waals surface area (Å²) in [6, 6.07) is 0. The van der Waals surface area contributed by atoms with Gasteiger partial charge in [0.15, 0.2) is 0 Å². The summed E-state index contributed by atoms with van der Waals surface area (Å²) in [5, 5.41) is 0. The lowest BCUT2D eigenvalue weighted by Crippen LogP contribution is -2.35. The molecule has 0 saturated heterocycles. The van der Waals surface area contributed by atoms with Crippen LogP contribution in [0.15, 0.2) is 0 Å². The summed E-state index contributed by atoms with van der Waals surface area (Å²) in [5.41, 5.74) is 5.57. The zero-order valence-electron chi connectivity index (χ0n) is 10.7. The van der Waals surface area contributed by atoms with Crippen molar-refractivity contribution in [2.75, 3.05) is 39.4 Å². The van der Waals surface area contributed by atoms with E-state index in [0.717, 1.165) is 39.4 Å². The van der Waals surface area contributed by atoms with Crippen LogP contribution in [0.25, 0.3) is 0 Å². The fraction of sp³-hybridized carbons (Fsp3) is 1.00. The molecule has 0 aromatic heterocycles. The summed E-state index contributed by atoms with van der Waals surface area (Å²) in [6.07, 6.45) is 2.37. The molecule has 0 fully saturated rings. The highest BCUT2D eigenvalue weighted by molar-refractivity contribution is 4.60. The molecule has 0 aliphatic heterocycles. The van der Waals surface area contributed by atoms with Crippen LogP contribution in [0.3, 0.4) is 0 Å². The molecule has 0 radical (unpaired) electrons. The lowest BCUT2D eigenvalue weighted by atomic mass is 10.2. The third-order valence-electron chi connectivity index (χ3n) is 2.26. The molecule has 0 bridgehead atoms. The van der Waals surface area contributed by atoms with Crippen LogP contribution in [-0.2, 0) is 4.74 Å². The van der Waals surface area contributed by atoms with Crippen molar-refractivity contribution < 1.29 is 4.74 Å². The fourth-order valence-corrected chi connectivity index (χ4v) is 1.54. The number of hydrogen-bond donors (Lipinski definition) is 1. The Morgan fingerprint density at radius 3 is 2.47 bits per heavy atom. The number of unbranched alkanes of at least 4 members (excludes halogenated alkanes) is 1. The standard InChI is InChI=1S/C12H28N2O/c1-4-5-9-15-10-8-14(7-6-13)11-12(2)3/h12H,4-11,13H2,1-3H3. The first-order valence-corrected chi connectivity index (χ1v) is 6.20. The number of nitrogens with zero attached hydrogens (tertiary/aromatic N) is 1. The van der Waals surface area contributed by atoms with Gasteiger partial charge >= 0.3 is 0 Å². The first-order valence-electron chi connectivity index (χ1n) is 6.20. The molecule has 15 heavy (non-hydrogen) atoms. The van der Waals surface area contributed by atoms with E-state index in [1.54, 1.807) is 0 Å². The van der Waals surface area contributed by atoms with E-state index >= 15 is 0 Å². The maximum Gasteiger partial charge on any atom is 0.0593 e. The summed E-state index contributed by atoms with van der Waals surface area (Å²) in [4.78, 5) is 2.39. The summed E-state index contributed by atoms with van der Waals surface area (Å²) in [6.45, 7) is 12.2. The molecule has 0 aliphatic rings. The van der Waals surface area contributed by atoms with E-state index in [9.17, 15) is 0 Å². The van der Waals surface area contributed by atoms with E-state index in [0.29, 0.717) is 5.92 Å². The van der Waals surface area contributed by atoms with Crippen molar-refractivity contribution >= 4 is 0 Å². The molecule has 0 aromatic carbocycles. The second-order valence-electron chi connectivity index (χ2n) is 4.45. The summed E-state index contributed by atoms with van der Waals surface area (Å²) >= 11 is 0. The second-order valence-corrected chi connectivity index (χ2v) is 4.45. The highest BCUT2D eigenvalue weighted by atomic mass is 16.5. The average molecular weight is 216 g/mol. The molecule has 0 saturated carbocycles. The molecule has 0 heterocycles. The maximum absolute atomic E-state index is 5.57. The van der Waals surface area contributed by atoms with Gasteiger partial charge in [0.25, 0.3) is 0 Å². The van der Waals surface area contributed by atoms with Crippen molar-refractivity contribution in [1.82, 2.24) is 4.90 Å². The van der Waals surface area contributed by atoms with Crippen LogP contribution in [0.5, 0.6) is 0 Å². The molecule has 3 nitrogen and oxygen atoms in total. The predicted octanol–water partition coefficient (Wildman–Crippen LogP) is 1.72. The van der Waals surface area contributed by atoms with Crippen molar-refractivity contribution in [2.24, 2.45) is 11.7 Å². The Labute approximate surface area is 95.0 Å². The largest absolute Gasteiger partial charge is 0.380 e. The Morgan fingerprint density at radius 1 is 1.20 bits per heavy atom. The maximum atomic E-state index is 5.57. The van der Waals surface area contributed by atoms with Gasteiger partial charge in [0.05, 0.1) is 6.61 Å². The lowest BCUT2D eigenvalue weighted by Gasteiger charge is -2.23. The normalized spacial score (nSPS) is 11.6. The third kappa shape index (κ3) is 10.2. The van der Waals surface area contributed by atoms with Crippen LogP contribution < -0.4 is 5.73 Å². The molecule has 0 atom stereocenters. The molecule has 0 spiro atoms. The van der Waals surface area contributed by atoms with E-state index in [-0.39, 0.29) is 0 Å². The van der Waals surface area contributed by atoms with Gasteiger partial charge in [-0.2, -0.15) is 0 Å². The summed E-state index contributed by atoms with van der Waals surface area (Å²) in [5.74, 6) is 0.701. The van der Waals surface area contributed by atoms with Crippen molar-refractivity contribution in [3.05, 3.63) is 0 Å². The van der Waals surface area contributed by atoms with Crippen molar-refractivity contribution in [3.63, 3.8) is 0 Å². The quantitative estimate of drug-likeness (QED) is 0.565. The monoisotopic (exact) mass is 216 g/mol. The molecule has 0 unspecified atom stereocenters. The topological polar surface area (TPSA) is 38.5 Å². The summed E-state index contributed by atoms with van der Waals surface area (Å²) in [7, 11) is 0. The molecule has 0 rings (SSSR count). The van der Waals surface area contributed by atoms with E-state index in [1.807, 2.05) is 0 Å². The predicted molar refractivity (Wildman–Crippen MR) is 66.1 cm³/mol. The van der Waals surface area contributed by atoms with E-state index in [1.165, 1.54) is 12.8 Å². The highest BCUT2D eigenvalue weighted by Crippen LogP contribution is 1.98. The molecule has 92 valence electrons. The van der Waals surface area contributed by atoms with Gasteiger partial charge in [0.1, 0.15) is 0 Å². The Bertz CT molecular complexity index is 129. The van der Waals surface area contributed by atoms with E-state index < -0.39 is 0 Å². The minimum atomic E-state index is 0.701. The summed E-state index contributed by atoms with van der Waals surface area (Å²) < 4.78 is 5.55. The highest BCUT2D eigenvalue weighted by Gasteiger charge is 2.05. The SMILES string of the molecule is CCCCOCCN(CCN)CC(C)C. The molecular formula is C12H28N2O. The zero-order chi connectivity index (χ0) is 11.5. The Morgan fingerprint density at radius 2 is 1.93 bits per heavy atom.